The van der Waals surface area contributed by atoms with Crippen molar-refractivity contribution in [2.75, 3.05) is 0 Å². The van der Waals surface area contributed by atoms with E-state index in [4.69, 9.17) is 4.74 Å². The molecule has 5 nitrogen and oxygen atoms in total. The van der Waals surface area contributed by atoms with E-state index in [-0.39, 0.29) is 24.3 Å². The summed E-state index contributed by atoms with van der Waals surface area (Å²) in [6, 6.07) is 0. The molecule has 0 bridgehead atoms. The molecule has 0 unspecified atom stereocenters. The van der Waals surface area contributed by atoms with Crippen LogP contribution in [0, 0.1) is 5.92 Å². The summed E-state index contributed by atoms with van der Waals surface area (Å²) in [5.41, 5.74) is -1.17. The fourth-order valence-electron chi connectivity index (χ4n) is 3.39. The lowest BCUT2D eigenvalue weighted by Crippen LogP contribution is -2.38. The van der Waals surface area contributed by atoms with E-state index in [1.807, 2.05) is 0 Å². The van der Waals surface area contributed by atoms with E-state index in [1.165, 1.54) is 6.08 Å². The van der Waals surface area contributed by atoms with E-state index in [0.717, 1.165) is 25.7 Å². The molecule has 128 valence electrons. The first-order valence-electron chi connectivity index (χ1n) is 8.40. The van der Waals surface area contributed by atoms with Gasteiger partial charge in [-0.2, -0.15) is 0 Å². The van der Waals surface area contributed by atoms with Gasteiger partial charge in [-0.25, -0.2) is 0 Å². The van der Waals surface area contributed by atoms with Crippen molar-refractivity contribution >= 4 is 11.8 Å². The van der Waals surface area contributed by atoms with Crippen molar-refractivity contribution in [3.8, 4) is 0 Å². The molecule has 4 atom stereocenters. The van der Waals surface area contributed by atoms with Crippen LogP contribution < -0.4 is 0 Å². The van der Waals surface area contributed by atoms with Gasteiger partial charge in [0.2, 0.25) is 0 Å². The van der Waals surface area contributed by atoms with Crippen LogP contribution in [0.4, 0.5) is 0 Å². The largest absolute Gasteiger partial charge is 0.462 e. The zero-order valence-corrected chi connectivity index (χ0v) is 13.6. The average molecular weight is 322 g/mol. The Kier molecular flexibility index (Phi) is 6.13. The van der Waals surface area contributed by atoms with Gasteiger partial charge in [0.1, 0.15) is 6.10 Å². The fourth-order valence-corrected chi connectivity index (χ4v) is 3.39. The Hall–Kier alpha value is -1.46. The third-order valence-electron chi connectivity index (χ3n) is 4.70. The van der Waals surface area contributed by atoms with Gasteiger partial charge in [0, 0.05) is 6.42 Å². The standard InChI is InChI=1S/C18H26O5/c1-2-5-13(19)12-15-16(20)9-11-18(15,22)10-4-3-6-14-7-8-17(21)23-14/h2,5,9,11,13-15,19,22H,3-4,6-8,10,12H2,1H3/b5-2+/t13-,14+,15-,18-/m0/s1. The van der Waals surface area contributed by atoms with Crippen molar-refractivity contribution in [3.63, 3.8) is 0 Å². The quantitative estimate of drug-likeness (QED) is 0.406. The zero-order valence-electron chi connectivity index (χ0n) is 13.6. The minimum atomic E-state index is -1.17. The summed E-state index contributed by atoms with van der Waals surface area (Å²) in [6.45, 7) is 1.81. The molecule has 5 heteroatoms. The van der Waals surface area contributed by atoms with E-state index < -0.39 is 17.6 Å². The molecule has 0 radical (unpaired) electrons. The van der Waals surface area contributed by atoms with Gasteiger partial charge in [0.05, 0.1) is 17.6 Å². The molecule has 0 aromatic carbocycles. The number of carbonyl (C=O) groups is 2. The highest BCUT2D eigenvalue weighted by molar-refractivity contribution is 5.96. The number of ketones is 1. The van der Waals surface area contributed by atoms with Gasteiger partial charge in [0.25, 0.3) is 0 Å². The van der Waals surface area contributed by atoms with Crippen molar-refractivity contribution in [1.29, 1.82) is 0 Å². The maximum Gasteiger partial charge on any atom is 0.306 e. The number of cyclic esters (lactones) is 1. The number of hydrogen-bond acceptors (Lipinski definition) is 5. The van der Waals surface area contributed by atoms with Gasteiger partial charge in [-0.05, 0) is 51.2 Å². The molecule has 1 aliphatic heterocycles. The molecule has 0 spiro atoms. The first-order chi connectivity index (χ1) is 10.9. The Balaban J connectivity index is 1.80. The highest BCUT2D eigenvalue weighted by atomic mass is 16.5. The third-order valence-corrected chi connectivity index (χ3v) is 4.70. The van der Waals surface area contributed by atoms with Gasteiger partial charge in [-0.3, -0.25) is 9.59 Å². The molecule has 1 saturated heterocycles. The van der Waals surface area contributed by atoms with E-state index in [0.29, 0.717) is 12.8 Å². The lowest BCUT2D eigenvalue weighted by Gasteiger charge is -2.29. The summed E-state index contributed by atoms with van der Waals surface area (Å²) < 4.78 is 5.17. The zero-order chi connectivity index (χ0) is 16.9. The Morgan fingerprint density at radius 3 is 2.87 bits per heavy atom. The summed E-state index contributed by atoms with van der Waals surface area (Å²) in [5.74, 6) is -0.838. The molecule has 1 heterocycles. The van der Waals surface area contributed by atoms with E-state index in [1.54, 1.807) is 25.2 Å². The minimum Gasteiger partial charge on any atom is -0.462 e. The number of ether oxygens (including phenoxy) is 1. The summed E-state index contributed by atoms with van der Waals surface area (Å²) >= 11 is 0. The SMILES string of the molecule is C/C=C/[C@H](O)C[C@H]1C(=O)C=C[C@@]1(O)CCCC[C@@H]1CCC(=O)O1. The normalized spacial score (nSPS) is 32.0. The fraction of sp³-hybridized carbons (Fsp3) is 0.667. The van der Waals surface area contributed by atoms with Crippen LogP contribution in [-0.2, 0) is 14.3 Å². The second-order valence-corrected chi connectivity index (χ2v) is 6.50. The van der Waals surface area contributed by atoms with Crippen LogP contribution in [-0.4, -0.2) is 39.8 Å². The van der Waals surface area contributed by atoms with Gasteiger partial charge in [-0.15, -0.1) is 0 Å². The van der Waals surface area contributed by atoms with Crippen LogP contribution >= 0.6 is 0 Å². The van der Waals surface area contributed by atoms with Crippen molar-refractivity contribution < 1.29 is 24.5 Å². The van der Waals surface area contributed by atoms with Gasteiger partial charge < -0.3 is 14.9 Å². The molecule has 0 aromatic heterocycles. The van der Waals surface area contributed by atoms with Crippen LogP contribution in [0.1, 0.15) is 51.9 Å². The number of allylic oxidation sites excluding steroid dienone is 2. The van der Waals surface area contributed by atoms with Gasteiger partial charge in [0.15, 0.2) is 5.78 Å². The number of rotatable bonds is 8. The monoisotopic (exact) mass is 322 g/mol. The number of esters is 1. The predicted octanol–water partition coefficient (Wildman–Crippen LogP) is 2.07. The molecule has 0 amide bonds. The number of hydrogen-bond donors (Lipinski definition) is 2. The molecule has 2 rings (SSSR count). The second kappa shape index (κ2) is 7.88. The topological polar surface area (TPSA) is 83.8 Å². The van der Waals surface area contributed by atoms with Gasteiger partial charge >= 0.3 is 5.97 Å². The van der Waals surface area contributed by atoms with E-state index >= 15 is 0 Å². The predicted molar refractivity (Wildman–Crippen MR) is 85.6 cm³/mol. The van der Waals surface area contributed by atoms with Crippen LogP contribution in [0.3, 0.4) is 0 Å². The second-order valence-electron chi connectivity index (χ2n) is 6.50. The van der Waals surface area contributed by atoms with Crippen molar-refractivity contribution in [2.45, 2.75) is 69.7 Å². The Labute approximate surface area is 137 Å². The summed E-state index contributed by atoms with van der Waals surface area (Å²) in [7, 11) is 0. The van der Waals surface area contributed by atoms with E-state index in [2.05, 4.69) is 0 Å². The molecule has 2 N–H and O–H groups in total. The van der Waals surface area contributed by atoms with Crippen molar-refractivity contribution in [2.24, 2.45) is 5.92 Å². The summed E-state index contributed by atoms with van der Waals surface area (Å²) in [6.07, 6.45) is 10.00. The highest BCUT2D eigenvalue weighted by Crippen LogP contribution is 2.35. The van der Waals surface area contributed by atoms with Crippen LogP contribution in [0.25, 0.3) is 0 Å². The van der Waals surface area contributed by atoms with Crippen LogP contribution in [0.5, 0.6) is 0 Å². The maximum atomic E-state index is 12.0. The Morgan fingerprint density at radius 2 is 2.22 bits per heavy atom. The molecule has 0 saturated carbocycles. The minimum absolute atomic E-state index is 0.00482. The molecule has 1 fully saturated rings. The molecular weight excluding hydrogens is 296 g/mol. The summed E-state index contributed by atoms with van der Waals surface area (Å²) in [5, 5.41) is 20.6. The molecular formula is C18H26O5. The van der Waals surface area contributed by atoms with Crippen molar-refractivity contribution in [1.82, 2.24) is 0 Å². The lowest BCUT2D eigenvalue weighted by molar-refractivity contribution is -0.141. The van der Waals surface area contributed by atoms with Crippen LogP contribution in [0.2, 0.25) is 0 Å². The first-order valence-corrected chi connectivity index (χ1v) is 8.40. The number of aliphatic hydroxyl groups is 2. The van der Waals surface area contributed by atoms with Gasteiger partial charge in [-0.1, -0.05) is 18.6 Å². The molecule has 0 aromatic rings. The lowest BCUT2D eigenvalue weighted by atomic mass is 9.81. The number of unbranched alkanes of at least 4 members (excludes halogenated alkanes) is 1. The average Bonchev–Trinajstić information content (AvgIpc) is 3.03. The first kappa shape index (κ1) is 17.9. The smallest absolute Gasteiger partial charge is 0.306 e. The maximum absolute atomic E-state index is 12.0. The highest BCUT2D eigenvalue weighted by Gasteiger charge is 2.42. The third kappa shape index (κ3) is 4.75. The molecule has 1 aliphatic carbocycles. The van der Waals surface area contributed by atoms with E-state index in [9.17, 15) is 19.8 Å². The molecule has 23 heavy (non-hydrogen) atoms. The number of carbonyl (C=O) groups excluding carboxylic acids is 2. The Morgan fingerprint density at radius 1 is 1.43 bits per heavy atom. The van der Waals surface area contributed by atoms with Crippen LogP contribution in [0.15, 0.2) is 24.3 Å². The van der Waals surface area contributed by atoms with Crippen molar-refractivity contribution in [3.05, 3.63) is 24.3 Å². The Bertz CT molecular complexity index is 496. The summed E-state index contributed by atoms with van der Waals surface area (Å²) in [4.78, 5) is 23.0. The number of aliphatic hydroxyl groups excluding tert-OH is 1. The molecule has 2 aliphatic rings.